The smallest absolute Gasteiger partial charge is 0.103 e. The van der Waals surface area contributed by atoms with Gasteiger partial charge in [-0.1, -0.05) is 37.9 Å². The minimum atomic E-state index is 0.459. The zero-order chi connectivity index (χ0) is 13.1. The van der Waals surface area contributed by atoms with E-state index in [9.17, 15) is 0 Å². The van der Waals surface area contributed by atoms with Crippen molar-refractivity contribution in [2.75, 3.05) is 5.32 Å². The summed E-state index contributed by atoms with van der Waals surface area (Å²) in [6.45, 7) is 4.55. The maximum Gasteiger partial charge on any atom is 0.103 e. The topological polar surface area (TPSA) is 35.8 Å². The molecule has 0 spiro atoms. The summed E-state index contributed by atoms with van der Waals surface area (Å²) in [7, 11) is 0. The standard InChI is InChI=1S/C15H19ClN2/c1-3-11-7-8-14(10(11)2)18-15-6-4-5-13(16)12(15)9-17/h4-6,10-11,14,18H,3,7-8H2,1-2H3. The summed E-state index contributed by atoms with van der Waals surface area (Å²) in [5.74, 6) is 1.45. The second kappa shape index (κ2) is 5.63. The molecule has 1 aliphatic carbocycles. The first kappa shape index (κ1) is 13.2. The molecule has 0 heterocycles. The Morgan fingerprint density at radius 1 is 1.44 bits per heavy atom. The van der Waals surface area contributed by atoms with Crippen LogP contribution in [0.2, 0.25) is 5.02 Å². The van der Waals surface area contributed by atoms with Crippen LogP contribution in [-0.4, -0.2) is 6.04 Å². The monoisotopic (exact) mass is 262 g/mol. The van der Waals surface area contributed by atoms with Crippen LogP contribution in [0.15, 0.2) is 18.2 Å². The van der Waals surface area contributed by atoms with Crippen LogP contribution in [0.4, 0.5) is 5.69 Å². The van der Waals surface area contributed by atoms with Gasteiger partial charge < -0.3 is 5.32 Å². The zero-order valence-electron chi connectivity index (χ0n) is 10.9. The van der Waals surface area contributed by atoms with Crippen LogP contribution in [0.3, 0.4) is 0 Å². The zero-order valence-corrected chi connectivity index (χ0v) is 11.7. The number of rotatable bonds is 3. The van der Waals surface area contributed by atoms with Crippen molar-refractivity contribution in [1.82, 2.24) is 0 Å². The van der Waals surface area contributed by atoms with Crippen LogP contribution >= 0.6 is 11.6 Å². The average Bonchev–Trinajstić information content (AvgIpc) is 2.71. The van der Waals surface area contributed by atoms with E-state index in [0.717, 1.165) is 11.6 Å². The lowest BCUT2D eigenvalue weighted by Gasteiger charge is -2.22. The van der Waals surface area contributed by atoms with E-state index in [1.165, 1.54) is 19.3 Å². The van der Waals surface area contributed by atoms with Crippen LogP contribution in [0.25, 0.3) is 0 Å². The molecular weight excluding hydrogens is 244 g/mol. The molecule has 96 valence electrons. The number of nitrogens with zero attached hydrogens (tertiary/aromatic N) is 1. The third-order valence-corrected chi connectivity index (χ3v) is 4.53. The van der Waals surface area contributed by atoms with Gasteiger partial charge in [-0.3, -0.25) is 0 Å². The second-order valence-corrected chi connectivity index (χ2v) is 5.54. The molecule has 1 saturated carbocycles. The molecule has 1 aliphatic rings. The van der Waals surface area contributed by atoms with Gasteiger partial charge in [-0.25, -0.2) is 0 Å². The lowest BCUT2D eigenvalue weighted by atomic mass is 9.93. The Kier molecular flexibility index (Phi) is 4.14. The van der Waals surface area contributed by atoms with Crippen molar-refractivity contribution in [2.45, 2.75) is 39.2 Å². The number of hydrogen-bond acceptors (Lipinski definition) is 2. The lowest BCUT2D eigenvalue weighted by Crippen LogP contribution is -2.25. The molecule has 1 aromatic carbocycles. The second-order valence-electron chi connectivity index (χ2n) is 5.13. The summed E-state index contributed by atoms with van der Waals surface area (Å²) in [5.41, 5.74) is 1.44. The third-order valence-electron chi connectivity index (χ3n) is 4.22. The van der Waals surface area contributed by atoms with Crippen molar-refractivity contribution in [3.05, 3.63) is 28.8 Å². The number of benzene rings is 1. The van der Waals surface area contributed by atoms with Crippen molar-refractivity contribution in [2.24, 2.45) is 11.8 Å². The van der Waals surface area contributed by atoms with Gasteiger partial charge >= 0.3 is 0 Å². The molecule has 3 unspecified atom stereocenters. The molecule has 1 aromatic rings. The van der Waals surface area contributed by atoms with Crippen LogP contribution in [0.1, 0.15) is 38.7 Å². The highest BCUT2D eigenvalue weighted by Gasteiger charge is 2.31. The molecule has 0 aromatic heterocycles. The van der Waals surface area contributed by atoms with Crippen molar-refractivity contribution >= 4 is 17.3 Å². The van der Waals surface area contributed by atoms with E-state index in [4.69, 9.17) is 16.9 Å². The van der Waals surface area contributed by atoms with E-state index < -0.39 is 0 Å². The first-order valence-electron chi connectivity index (χ1n) is 6.62. The van der Waals surface area contributed by atoms with Crippen molar-refractivity contribution in [3.8, 4) is 6.07 Å². The maximum absolute atomic E-state index is 9.16. The maximum atomic E-state index is 9.16. The van der Waals surface area contributed by atoms with Gasteiger partial charge in [0, 0.05) is 6.04 Å². The van der Waals surface area contributed by atoms with Crippen molar-refractivity contribution in [3.63, 3.8) is 0 Å². The normalized spacial score (nSPS) is 26.9. The van der Waals surface area contributed by atoms with Crippen LogP contribution in [-0.2, 0) is 0 Å². The predicted molar refractivity (Wildman–Crippen MR) is 75.8 cm³/mol. The van der Waals surface area contributed by atoms with Gasteiger partial charge in [-0.15, -0.1) is 0 Å². The van der Waals surface area contributed by atoms with Crippen molar-refractivity contribution in [1.29, 1.82) is 5.26 Å². The molecule has 1 fully saturated rings. The summed E-state index contributed by atoms with van der Waals surface area (Å²) < 4.78 is 0. The fourth-order valence-electron chi connectivity index (χ4n) is 2.99. The largest absolute Gasteiger partial charge is 0.381 e. The number of hydrogen-bond donors (Lipinski definition) is 1. The molecular formula is C15H19ClN2. The van der Waals surface area contributed by atoms with Gasteiger partial charge in [0.15, 0.2) is 0 Å². The Hall–Kier alpha value is -1.20. The summed E-state index contributed by atoms with van der Waals surface area (Å²) in [4.78, 5) is 0. The van der Waals surface area contributed by atoms with E-state index in [-0.39, 0.29) is 0 Å². The molecule has 0 bridgehead atoms. The Morgan fingerprint density at radius 2 is 2.22 bits per heavy atom. The molecule has 0 saturated heterocycles. The molecule has 3 atom stereocenters. The first-order valence-corrected chi connectivity index (χ1v) is 7.00. The van der Waals surface area contributed by atoms with E-state index in [1.54, 1.807) is 6.07 Å². The number of nitriles is 1. The van der Waals surface area contributed by atoms with Gasteiger partial charge in [-0.2, -0.15) is 5.26 Å². The minimum Gasteiger partial charge on any atom is -0.381 e. The number of halogens is 1. The Labute approximate surface area is 114 Å². The highest BCUT2D eigenvalue weighted by atomic mass is 35.5. The quantitative estimate of drug-likeness (QED) is 0.874. The predicted octanol–water partition coefficient (Wildman–Crippen LogP) is 4.45. The van der Waals surface area contributed by atoms with Gasteiger partial charge in [0.25, 0.3) is 0 Å². The Balaban J connectivity index is 2.16. The molecule has 1 N–H and O–H groups in total. The first-order chi connectivity index (χ1) is 8.67. The molecule has 0 radical (unpaired) electrons. The highest BCUT2D eigenvalue weighted by Crippen LogP contribution is 2.36. The van der Waals surface area contributed by atoms with E-state index in [2.05, 4.69) is 25.2 Å². The third kappa shape index (κ3) is 2.47. The van der Waals surface area contributed by atoms with Crippen LogP contribution < -0.4 is 5.32 Å². The lowest BCUT2D eigenvalue weighted by molar-refractivity contribution is 0.392. The molecule has 0 aliphatic heterocycles. The van der Waals surface area contributed by atoms with E-state index in [0.29, 0.717) is 22.5 Å². The molecule has 0 amide bonds. The summed E-state index contributed by atoms with van der Waals surface area (Å²) >= 11 is 6.04. The highest BCUT2D eigenvalue weighted by molar-refractivity contribution is 6.32. The van der Waals surface area contributed by atoms with Gasteiger partial charge in [-0.05, 0) is 36.8 Å². The van der Waals surface area contributed by atoms with Crippen molar-refractivity contribution < 1.29 is 0 Å². The van der Waals surface area contributed by atoms with Gasteiger partial charge in [0.05, 0.1) is 16.3 Å². The minimum absolute atomic E-state index is 0.459. The molecule has 2 nitrogen and oxygen atoms in total. The fourth-order valence-corrected chi connectivity index (χ4v) is 3.20. The summed E-state index contributed by atoms with van der Waals surface area (Å²) in [6.07, 6.45) is 3.69. The average molecular weight is 263 g/mol. The van der Waals surface area contributed by atoms with E-state index in [1.807, 2.05) is 12.1 Å². The molecule has 2 rings (SSSR count). The number of anilines is 1. The Bertz CT molecular complexity index is 464. The molecule has 18 heavy (non-hydrogen) atoms. The van der Waals surface area contributed by atoms with Gasteiger partial charge in [0.2, 0.25) is 0 Å². The Morgan fingerprint density at radius 3 is 2.83 bits per heavy atom. The SMILES string of the molecule is CCC1CCC(Nc2cccc(Cl)c2C#N)C1C. The van der Waals surface area contributed by atoms with Crippen LogP contribution in [0.5, 0.6) is 0 Å². The van der Waals surface area contributed by atoms with Gasteiger partial charge in [0.1, 0.15) is 6.07 Å². The van der Waals surface area contributed by atoms with Crippen LogP contribution in [0, 0.1) is 23.2 Å². The summed E-state index contributed by atoms with van der Waals surface area (Å²) in [5, 5.41) is 13.2. The van der Waals surface area contributed by atoms with E-state index >= 15 is 0 Å². The molecule has 3 heteroatoms. The summed E-state index contributed by atoms with van der Waals surface area (Å²) in [6, 6.07) is 8.24. The number of nitrogens with one attached hydrogen (secondary N) is 1. The fraction of sp³-hybridized carbons (Fsp3) is 0.533.